The van der Waals surface area contributed by atoms with Gasteiger partial charge in [-0.05, 0) is 40.9 Å². The lowest BCUT2D eigenvalue weighted by molar-refractivity contribution is 1.15. The summed E-state index contributed by atoms with van der Waals surface area (Å²) in [5.41, 5.74) is 10.1. The van der Waals surface area contributed by atoms with Crippen LogP contribution in [0.2, 0.25) is 0 Å². The van der Waals surface area contributed by atoms with Gasteiger partial charge in [-0.25, -0.2) is 0 Å². The normalized spacial score (nSPS) is 10.2. The molecule has 1 heterocycles. The summed E-state index contributed by atoms with van der Waals surface area (Å²) in [5.74, 6) is 0. The SMILES string of the molecule is Cc1cccc(C(N)=S)c1NCc1ccsc1. The van der Waals surface area contributed by atoms with Gasteiger partial charge in [0.1, 0.15) is 4.99 Å². The average molecular weight is 262 g/mol. The van der Waals surface area contributed by atoms with Gasteiger partial charge in [-0.15, -0.1) is 0 Å². The highest BCUT2D eigenvalue weighted by molar-refractivity contribution is 7.80. The van der Waals surface area contributed by atoms with Gasteiger partial charge in [0, 0.05) is 17.8 Å². The van der Waals surface area contributed by atoms with Crippen molar-refractivity contribution in [1.29, 1.82) is 0 Å². The lowest BCUT2D eigenvalue weighted by Crippen LogP contribution is -2.14. The molecule has 0 spiro atoms. The van der Waals surface area contributed by atoms with Crippen LogP contribution in [0.1, 0.15) is 16.7 Å². The van der Waals surface area contributed by atoms with E-state index in [9.17, 15) is 0 Å². The zero-order valence-electron chi connectivity index (χ0n) is 9.57. The second-order valence-electron chi connectivity index (χ2n) is 3.85. The van der Waals surface area contributed by atoms with Gasteiger partial charge in [-0.1, -0.05) is 24.4 Å². The van der Waals surface area contributed by atoms with E-state index in [0.29, 0.717) is 4.99 Å². The molecule has 2 aromatic rings. The largest absolute Gasteiger partial charge is 0.389 e. The molecule has 0 fully saturated rings. The fourth-order valence-corrected chi connectivity index (χ4v) is 2.53. The molecule has 0 amide bonds. The molecule has 0 unspecified atom stereocenters. The molecule has 0 bridgehead atoms. The van der Waals surface area contributed by atoms with Gasteiger partial charge >= 0.3 is 0 Å². The average Bonchev–Trinajstić information content (AvgIpc) is 2.80. The van der Waals surface area contributed by atoms with Crippen molar-refractivity contribution in [3.05, 3.63) is 51.7 Å². The molecule has 1 aromatic heterocycles. The second kappa shape index (κ2) is 5.29. The first-order valence-corrected chi connectivity index (χ1v) is 6.68. The number of para-hydroxylation sites is 1. The Kier molecular flexibility index (Phi) is 3.76. The van der Waals surface area contributed by atoms with Crippen molar-refractivity contribution in [2.75, 3.05) is 5.32 Å². The predicted molar refractivity (Wildman–Crippen MR) is 78.7 cm³/mol. The van der Waals surface area contributed by atoms with Crippen LogP contribution >= 0.6 is 23.6 Å². The highest BCUT2D eigenvalue weighted by Crippen LogP contribution is 2.21. The zero-order valence-corrected chi connectivity index (χ0v) is 11.2. The van der Waals surface area contributed by atoms with Crippen molar-refractivity contribution in [3.8, 4) is 0 Å². The summed E-state index contributed by atoms with van der Waals surface area (Å²) in [4.78, 5) is 0.432. The Morgan fingerprint density at radius 2 is 2.24 bits per heavy atom. The quantitative estimate of drug-likeness (QED) is 0.830. The first-order valence-electron chi connectivity index (χ1n) is 5.33. The molecule has 2 nitrogen and oxygen atoms in total. The third-order valence-corrected chi connectivity index (χ3v) is 3.54. The molecule has 3 N–H and O–H groups in total. The van der Waals surface area contributed by atoms with E-state index in [1.54, 1.807) is 11.3 Å². The van der Waals surface area contributed by atoms with E-state index in [1.165, 1.54) is 5.56 Å². The molecule has 0 radical (unpaired) electrons. The minimum Gasteiger partial charge on any atom is -0.389 e. The standard InChI is InChI=1S/C13H14N2S2/c1-9-3-2-4-11(13(14)16)12(9)15-7-10-5-6-17-8-10/h2-6,8,15H,7H2,1H3,(H2,14,16). The predicted octanol–water partition coefficient (Wildman–Crippen LogP) is 3.30. The summed E-state index contributed by atoms with van der Waals surface area (Å²) < 4.78 is 0. The van der Waals surface area contributed by atoms with Crippen molar-refractivity contribution < 1.29 is 0 Å². The molecule has 88 valence electrons. The van der Waals surface area contributed by atoms with Crippen LogP contribution in [0.4, 0.5) is 5.69 Å². The monoisotopic (exact) mass is 262 g/mol. The van der Waals surface area contributed by atoms with Crippen LogP contribution in [0.5, 0.6) is 0 Å². The fourth-order valence-electron chi connectivity index (χ4n) is 1.69. The molecule has 1 aromatic carbocycles. The Morgan fingerprint density at radius 3 is 2.88 bits per heavy atom. The van der Waals surface area contributed by atoms with E-state index in [4.69, 9.17) is 18.0 Å². The van der Waals surface area contributed by atoms with Gasteiger partial charge in [0.2, 0.25) is 0 Å². The Bertz CT molecular complexity index is 518. The second-order valence-corrected chi connectivity index (χ2v) is 5.07. The van der Waals surface area contributed by atoms with E-state index < -0.39 is 0 Å². The van der Waals surface area contributed by atoms with Crippen molar-refractivity contribution in [2.45, 2.75) is 13.5 Å². The van der Waals surface area contributed by atoms with Crippen molar-refractivity contribution in [2.24, 2.45) is 5.73 Å². The van der Waals surface area contributed by atoms with E-state index in [-0.39, 0.29) is 0 Å². The number of anilines is 1. The number of nitrogens with one attached hydrogen (secondary N) is 1. The number of aryl methyl sites for hydroxylation is 1. The molecule has 0 saturated carbocycles. The molecule has 4 heteroatoms. The lowest BCUT2D eigenvalue weighted by atomic mass is 10.1. The van der Waals surface area contributed by atoms with Gasteiger partial charge in [0.15, 0.2) is 0 Å². The number of benzene rings is 1. The third kappa shape index (κ3) is 2.84. The number of nitrogens with two attached hydrogens (primary N) is 1. The van der Waals surface area contributed by atoms with E-state index >= 15 is 0 Å². The number of thiophene rings is 1. The van der Waals surface area contributed by atoms with Gasteiger partial charge in [0.25, 0.3) is 0 Å². The molecule has 0 aliphatic rings. The van der Waals surface area contributed by atoms with E-state index in [2.05, 4.69) is 35.1 Å². The van der Waals surface area contributed by atoms with Crippen LogP contribution in [0, 0.1) is 6.92 Å². The Hall–Kier alpha value is -1.39. The number of rotatable bonds is 4. The van der Waals surface area contributed by atoms with Gasteiger partial charge in [0.05, 0.1) is 0 Å². The maximum atomic E-state index is 5.73. The Labute approximate surface area is 110 Å². The third-order valence-electron chi connectivity index (χ3n) is 2.59. The molecule has 0 atom stereocenters. The number of hydrogen-bond acceptors (Lipinski definition) is 3. The Balaban J connectivity index is 2.22. The Morgan fingerprint density at radius 1 is 1.41 bits per heavy atom. The van der Waals surface area contributed by atoms with Crippen molar-refractivity contribution in [3.63, 3.8) is 0 Å². The van der Waals surface area contributed by atoms with Crippen LogP contribution in [0.15, 0.2) is 35.0 Å². The first-order chi connectivity index (χ1) is 8.18. The minimum atomic E-state index is 0.432. The summed E-state index contributed by atoms with van der Waals surface area (Å²) in [5, 5.41) is 7.61. The summed E-state index contributed by atoms with van der Waals surface area (Å²) >= 11 is 6.76. The topological polar surface area (TPSA) is 38.0 Å². The maximum absolute atomic E-state index is 5.73. The smallest absolute Gasteiger partial charge is 0.106 e. The molecule has 17 heavy (non-hydrogen) atoms. The molecular formula is C13H14N2S2. The summed E-state index contributed by atoms with van der Waals surface area (Å²) in [6.45, 7) is 2.85. The first kappa shape index (κ1) is 12.1. The lowest BCUT2D eigenvalue weighted by Gasteiger charge is -2.13. The number of hydrogen-bond donors (Lipinski definition) is 2. The summed E-state index contributed by atoms with van der Waals surface area (Å²) in [6, 6.07) is 8.08. The molecule has 0 aliphatic carbocycles. The zero-order chi connectivity index (χ0) is 12.3. The summed E-state index contributed by atoms with van der Waals surface area (Å²) in [6.07, 6.45) is 0. The van der Waals surface area contributed by atoms with Crippen LogP contribution in [0.3, 0.4) is 0 Å². The van der Waals surface area contributed by atoms with Crippen LogP contribution in [0.25, 0.3) is 0 Å². The van der Waals surface area contributed by atoms with Crippen molar-refractivity contribution >= 4 is 34.2 Å². The van der Waals surface area contributed by atoms with Crippen LogP contribution in [-0.4, -0.2) is 4.99 Å². The van der Waals surface area contributed by atoms with Gasteiger partial charge in [-0.3, -0.25) is 0 Å². The molecular weight excluding hydrogens is 248 g/mol. The van der Waals surface area contributed by atoms with Gasteiger partial charge in [-0.2, -0.15) is 11.3 Å². The summed E-state index contributed by atoms with van der Waals surface area (Å²) in [7, 11) is 0. The van der Waals surface area contributed by atoms with Crippen LogP contribution in [-0.2, 0) is 6.54 Å². The minimum absolute atomic E-state index is 0.432. The molecule has 0 saturated heterocycles. The number of thiocarbonyl (C=S) groups is 1. The highest BCUT2D eigenvalue weighted by Gasteiger charge is 2.07. The molecule has 0 aliphatic heterocycles. The van der Waals surface area contributed by atoms with E-state index in [1.807, 2.05) is 12.1 Å². The maximum Gasteiger partial charge on any atom is 0.106 e. The van der Waals surface area contributed by atoms with E-state index in [0.717, 1.165) is 23.4 Å². The van der Waals surface area contributed by atoms with Crippen molar-refractivity contribution in [1.82, 2.24) is 0 Å². The fraction of sp³-hybridized carbons (Fsp3) is 0.154. The van der Waals surface area contributed by atoms with Gasteiger partial charge < -0.3 is 11.1 Å². The van der Waals surface area contributed by atoms with Crippen LogP contribution < -0.4 is 11.1 Å². The highest BCUT2D eigenvalue weighted by atomic mass is 32.1. The molecule has 2 rings (SSSR count).